The van der Waals surface area contributed by atoms with Gasteiger partial charge in [0.15, 0.2) is 0 Å². The second kappa shape index (κ2) is 5.11. The van der Waals surface area contributed by atoms with Crippen molar-refractivity contribution in [2.45, 2.75) is 37.8 Å². The van der Waals surface area contributed by atoms with Gasteiger partial charge in [0.25, 0.3) is 5.91 Å². The summed E-state index contributed by atoms with van der Waals surface area (Å²) >= 11 is 0. The fourth-order valence-corrected chi connectivity index (χ4v) is 3.26. The molecule has 2 heterocycles. The molecular weight excluding hydrogens is 224 g/mol. The molecule has 1 aromatic carbocycles. The lowest BCUT2D eigenvalue weighted by Gasteiger charge is -2.32. The number of hydrogen-bond donors (Lipinski definition) is 1. The molecule has 0 aliphatic carbocycles. The molecule has 1 aromatic rings. The highest BCUT2D eigenvalue weighted by molar-refractivity contribution is 5.94. The maximum Gasteiger partial charge on any atom is 0.251 e. The van der Waals surface area contributed by atoms with Gasteiger partial charge in [0, 0.05) is 24.2 Å². The lowest BCUT2D eigenvalue weighted by Crippen LogP contribution is -2.46. The van der Waals surface area contributed by atoms with Crippen molar-refractivity contribution in [1.29, 1.82) is 0 Å². The second-order valence-corrected chi connectivity index (χ2v) is 5.33. The average molecular weight is 244 g/mol. The van der Waals surface area contributed by atoms with Gasteiger partial charge in [-0.05, 0) is 37.9 Å². The lowest BCUT2D eigenvalue weighted by molar-refractivity contribution is 0.0915. The highest BCUT2D eigenvalue weighted by Gasteiger charge is 2.36. The zero-order valence-electron chi connectivity index (χ0n) is 10.6. The number of amides is 1. The van der Waals surface area contributed by atoms with E-state index in [1.165, 1.54) is 25.8 Å². The van der Waals surface area contributed by atoms with Crippen molar-refractivity contribution >= 4 is 5.91 Å². The predicted molar refractivity (Wildman–Crippen MR) is 71.5 cm³/mol. The van der Waals surface area contributed by atoms with E-state index in [9.17, 15) is 4.79 Å². The number of fused-ring (bicyclic) bond motifs is 1. The van der Waals surface area contributed by atoms with Gasteiger partial charge in [-0.1, -0.05) is 24.6 Å². The van der Waals surface area contributed by atoms with Crippen LogP contribution in [0.25, 0.3) is 0 Å². The summed E-state index contributed by atoms with van der Waals surface area (Å²) in [6.45, 7) is 2.35. The Labute approximate surface area is 108 Å². The van der Waals surface area contributed by atoms with Crippen LogP contribution in [0.15, 0.2) is 30.3 Å². The first-order chi connectivity index (χ1) is 8.84. The second-order valence-electron chi connectivity index (χ2n) is 5.33. The van der Waals surface area contributed by atoms with Crippen LogP contribution in [0.5, 0.6) is 0 Å². The summed E-state index contributed by atoms with van der Waals surface area (Å²) in [7, 11) is 0. The summed E-state index contributed by atoms with van der Waals surface area (Å²) in [5.74, 6) is 0.0769. The highest BCUT2D eigenvalue weighted by atomic mass is 16.1. The van der Waals surface area contributed by atoms with E-state index in [1.54, 1.807) is 0 Å². The largest absolute Gasteiger partial charge is 0.348 e. The number of piperidine rings is 1. The van der Waals surface area contributed by atoms with Crippen molar-refractivity contribution in [3.63, 3.8) is 0 Å². The number of benzene rings is 1. The van der Waals surface area contributed by atoms with Crippen LogP contribution < -0.4 is 5.32 Å². The van der Waals surface area contributed by atoms with Crippen LogP contribution in [0.2, 0.25) is 0 Å². The van der Waals surface area contributed by atoms with Crippen LogP contribution in [0.3, 0.4) is 0 Å². The van der Waals surface area contributed by atoms with Gasteiger partial charge in [0.2, 0.25) is 0 Å². The Balaban J connectivity index is 1.65. The molecule has 3 nitrogen and oxygen atoms in total. The fraction of sp³-hybridized carbons (Fsp3) is 0.533. The van der Waals surface area contributed by atoms with E-state index < -0.39 is 0 Å². The summed E-state index contributed by atoms with van der Waals surface area (Å²) in [4.78, 5) is 14.7. The molecule has 2 aliphatic rings. The predicted octanol–water partition coefficient (Wildman–Crippen LogP) is 2.04. The molecule has 1 amide bonds. The lowest BCUT2D eigenvalue weighted by atomic mass is 9.99. The molecule has 2 atom stereocenters. The van der Waals surface area contributed by atoms with Gasteiger partial charge in [-0.15, -0.1) is 0 Å². The van der Waals surface area contributed by atoms with Gasteiger partial charge in [-0.3, -0.25) is 9.69 Å². The van der Waals surface area contributed by atoms with Gasteiger partial charge in [-0.2, -0.15) is 0 Å². The third-order valence-corrected chi connectivity index (χ3v) is 4.21. The van der Waals surface area contributed by atoms with Crippen LogP contribution in [-0.2, 0) is 0 Å². The normalized spacial score (nSPS) is 27.8. The number of hydrogen-bond acceptors (Lipinski definition) is 2. The minimum Gasteiger partial charge on any atom is -0.348 e. The summed E-state index contributed by atoms with van der Waals surface area (Å²) in [6.07, 6.45) is 4.96. The summed E-state index contributed by atoms with van der Waals surface area (Å²) in [5.41, 5.74) is 0.770. The van der Waals surface area contributed by atoms with Crippen molar-refractivity contribution in [2.75, 3.05) is 13.1 Å². The molecule has 1 N–H and O–H groups in total. The Morgan fingerprint density at radius 2 is 1.94 bits per heavy atom. The van der Waals surface area contributed by atoms with Crippen LogP contribution >= 0.6 is 0 Å². The van der Waals surface area contributed by atoms with Crippen LogP contribution in [0, 0.1) is 0 Å². The van der Waals surface area contributed by atoms with Crippen molar-refractivity contribution in [3.05, 3.63) is 35.9 Å². The van der Waals surface area contributed by atoms with Gasteiger partial charge < -0.3 is 5.32 Å². The molecule has 0 radical (unpaired) electrons. The first-order valence-corrected chi connectivity index (χ1v) is 6.94. The third kappa shape index (κ3) is 2.27. The van der Waals surface area contributed by atoms with E-state index in [0.29, 0.717) is 12.1 Å². The number of nitrogens with one attached hydrogen (secondary N) is 1. The molecule has 18 heavy (non-hydrogen) atoms. The first-order valence-electron chi connectivity index (χ1n) is 6.94. The molecule has 0 spiro atoms. The molecule has 0 bridgehead atoms. The minimum atomic E-state index is 0.0769. The fourth-order valence-electron chi connectivity index (χ4n) is 3.26. The smallest absolute Gasteiger partial charge is 0.251 e. The van der Waals surface area contributed by atoms with Gasteiger partial charge in [-0.25, -0.2) is 0 Å². The monoisotopic (exact) mass is 244 g/mol. The molecule has 3 rings (SSSR count). The van der Waals surface area contributed by atoms with Gasteiger partial charge in [0.05, 0.1) is 0 Å². The third-order valence-electron chi connectivity index (χ3n) is 4.21. The van der Waals surface area contributed by atoms with Gasteiger partial charge >= 0.3 is 0 Å². The maximum absolute atomic E-state index is 12.1. The number of rotatable bonds is 2. The Morgan fingerprint density at radius 3 is 2.78 bits per heavy atom. The topological polar surface area (TPSA) is 32.3 Å². The summed E-state index contributed by atoms with van der Waals surface area (Å²) in [5, 5.41) is 3.21. The standard InChI is InChI=1S/C15H20N2O/c18-15(12-6-2-1-3-7-12)16-13-9-11-17-10-5-4-8-14(13)17/h1-3,6-7,13-14H,4-5,8-11H2,(H,16,18)/t13-,14+/m0/s1. The molecule has 2 fully saturated rings. The molecule has 0 aromatic heterocycles. The van der Waals surface area contributed by atoms with Crippen molar-refractivity contribution < 1.29 is 4.79 Å². The van der Waals surface area contributed by atoms with Crippen LogP contribution in [0.4, 0.5) is 0 Å². The van der Waals surface area contributed by atoms with E-state index >= 15 is 0 Å². The Kier molecular flexibility index (Phi) is 3.33. The van der Waals surface area contributed by atoms with Crippen LogP contribution in [0.1, 0.15) is 36.0 Å². The average Bonchev–Trinajstić information content (AvgIpc) is 2.83. The first kappa shape index (κ1) is 11.7. The van der Waals surface area contributed by atoms with E-state index in [1.807, 2.05) is 30.3 Å². The summed E-state index contributed by atoms with van der Waals surface area (Å²) in [6, 6.07) is 10.4. The zero-order valence-corrected chi connectivity index (χ0v) is 10.6. The molecule has 3 heteroatoms. The van der Waals surface area contributed by atoms with Crippen LogP contribution in [-0.4, -0.2) is 36.0 Å². The summed E-state index contributed by atoms with van der Waals surface area (Å²) < 4.78 is 0. The maximum atomic E-state index is 12.1. The zero-order chi connectivity index (χ0) is 12.4. The SMILES string of the molecule is O=C(N[C@H]1CCN2CCCC[C@H]12)c1ccccc1. The van der Waals surface area contributed by atoms with E-state index in [4.69, 9.17) is 0 Å². The van der Waals surface area contributed by atoms with E-state index in [-0.39, 0.29) is 5.91 Å². The molecule has 2 saturated heterocycles. The number of carbonyl (C=O) groups is 1. The molecule has 96 valence electrons. The highest BCUT2D eigenvalue weighted by Crippen LogP contribution is 2.27. The Hall–Kier alpha value is -1.35. The molecule has 0 unspecified atom stereocenters. The Bertz CT molecular complexity index is 418. The van der Waals surface area contributed by atoms with E-state index in [0.717, 1.165) is 18.5 Å². The quantitative estimate of drug-likeness (QED) is 0.863. The number of carbonyl (C=O) groups excluding carboxylic acids is 1. The molecule has 2 aliphatic heterocycles. The van der Waals surface area contributed by atoms with Crippen molar-refractivity contribution in [2.24, 2.45) is 0 Å². The Morgan fingerprint density at radius 1 is 1.11 bits per heavy atom. The number of nitrogens with zero attached hydrogens (tertiary/aromatic N) is 1. The van der Waals surface area contributed by atoms with Gasteiger partial charge in [0.1, 0.15) is 0 Å². The minimum absolute atomic E-state index is 0.0769. The van der Waals surface area contributed by atoms with Crippen molar-refractivity contribution in [1.82, 2.24) is 10.2 Å². The van der Waals surface area contributed by atoms with Crippen molar-refractivity contribution in [3.8, 4) is 0 Å². The van der Waals surface area contributed by atoms with E-state index in [2.05, 4.69) is 10.2 Å². The molecular formula is C15H20N2O. The molecule has 0 saturated carbocycles.